The summed E-state index contributed by atoms with van der Waals surface area (Å²) in [6.45, 7) is 0. The molecule has 1 amide bonds. The Kier molecular flexibility index (Phi) is 4.12. The molecule has 3 aromatic heterocycles. The third-order valence-corrected chi connectivity index (χ3v) is 3.85. The van der Waals surface area contributed by atoms with Gasteiger partial charge in [-0.05, 0) is 6.07 Å². The lowest BCUT2D eigenvalue weighted by Gasteiger charge is -1.99. The van der Waals surface area contributed by atoms with Crippen molar-refractivity contribution in [1.29, 1.82) is 0 Å². The number of thiazole rings is 2. The van der Waals surface area contributed by atoms with Gasteiger partial charge in [0.15, 0.2) is 10.3 Å². The second-order valence-corrected chi connectivity index (χ2v) is 5.66. The highest BCUT2D eigenvalue weighted by Gasteiger charge is 2.09. The van der Waals surface area contributed by atoms with Gasteiger partial charge in [-0.15, -0.1) is 22.7 Å². The summed E-state index contributed by atoms with van der Waals surface area (Å²) < 4.78 is 0. The van der Waals surface area contributed by atoms with E-state index in [0.717, 1.165) is 0 Å². The van der Waals surface area contributed by atoms with Gasteiger partial charge in [-0.2, -0.15) is 0 Å². The summed E-state index contributed by atoms with van der Waals surface area (Å²) in [4.78, 5) is 28.3. The van der Waals surface area contributed by atoms with Crippen LogP contribution in [0.25, 0.3) is 0 Å². The molecule has 0 fully saturated rings. The van der Waals surface area contributed by atoms with Gasteiger partial charge in [0, 0.05) is 29.4 Å². The van der Waals surface area contributed by atoms with Crippen LogP contribution in [-0.4, -0.2) is 25.8 Å². The lowest BCUT2D eigenvalue weighted by Crippen LogP contribution is -2.14. The van der Waals surface area contributed by atoms with E-state index < -0.39 is 0 Å². The molecule has 0 bridgehead atoms. The number of nitrogens with zero attached hydrogens (tertiary/aromatic N) is 4. The fraction of sp³-hybridized carbons (Fsp3) is 0.0833. The minimum absolute atomic E-state index is 0.141. The number of carbonyl (C=O) groups excluding carboxylic acids is 1. The van der Waals surface area contributed by atoms with Crippen molar-refractivity contribution in [2.24, 2.45) is 0 Å². The molecule has 106 valence electrons. The Morgan fingerprint density at radius 2 is 1.95 bits per heavy atom. The Labute approximate surface area is 128 Å². The fourth-order valence-electron chi connectivity index (χ4n) is 1.52. The standard InChI is InChI=1S/C12H10N6OS2/c19-9(17-11-15-4-5-20-11)6-8-7-21-12(16-8)18-10-13-2-1-3-14-10/h1-5,7H,6H2,(H,15,17,19)(H,13,14,16,18). The normalized spacial score (nSPS) is 10.3. The van der Waals surface area contributed by atoms with Crippen LogP contribution in [0.4, 0.5) is 16.2 Å². The van der Waals surface area contributed by atoms with Crippen LogP contribution in [0, 0.1) is 0 Å². The van der Waals surface area contributed by atoms with E-state index in [9.17, 15) is 4.79 Å². The molecule has 0 aromatic carbocycles. The Morgan fingerprint density at radius 1 is 1.10 bits per heavy atom. The first-order valence-corrected chi connectivity index (χ1v) is 7.73. The van der Waals surface area contributed by atoms with Crippen molar-refractivity contribution < 1.29 is 4.79 Å². The highest BCUT2D eigenvalue weighted by Crippen LogP contribution is 2.19. The zero-order valence-corrected chi connectivity index (χ0v) is 12.3. The summed E-state index contributed by atoms with van der Waals surface area (Å²) in [7, 11) is 0. The molecule has 0 aliphatic heterocycles. The second-order valence-electron chi connectivity index (χ2n) is 3.90. The molecule has 21 heavy (non-hydrogen) atoms. The molecular weight excluding hydrogens is 308 g/mol. The maximum Gasteiger partial charge on any atom is 0.232 e. The Balaban J connectivity index is 1.59. The average molecular weight is 318 g/mol. The topological polar surface area (TPSA) is 92.7 Å². The summed E-state index contributed by atoms with van der Waals surface area (Å²) >= 11 is 2.78. The van der Waals surface area contributed by atoms with Crippen molar-refractivity contribution in [3.05, 3.63) is 41.1 Å². The number of hydrogen-bond donors (Lipinski definition) is 2. The van der Waals surface area contributed by atoms with Crippen LogP contribution in [0.1, 0.15) is 5.69 Å². The summed E-state index contributed by atoms with van der Waals surface area (Å²) in [5.74, 6) is 0.336. The monoisotopic (exact) mass is 318 g/mol. The Bertz CT molecular complexity index is 712. The van der Waals surface area contributed by atoms with Gasteiger partial charge in [-0.1, -0.05) is 0 Å². The number of nitrogens with one attached hydrogen (secondary N) is 2. The van der Waals surface area contributed by atoms with Crippen molar-refractivity contribution in [2.75, 3.05) is 10.6 Å². The molecule has 0 saturated heterocycles. The SMILES string of the molecule is O=C(Cc1csc(Nc2ncccn2)n1)Nc1nccs1. The molecule has 0 radical (unpaired) electrons. The van der Waals surface area contributed by atoms with Crippen LogP contribution in [0.15, 0.2) is 35.4 Å². The van der Waals surface area contributed by atoms with E-state index in [4.69, 9.17) is 0 Å². The summed E-state index contributed by atoms with van der Waals surface area (Å²) in [6, 6.07) is 1.74. The molecule has 3 aromatic rings. The Morgan fingerprint density at radius 3 is 2.71 bits per heavy atom. The van der Waals surface area contributed by atoms with Crippen LogP contribution in [0.5, 0.6) is 0 Å². The first kappa shape index (κ1) is 13.6. The van der Waals surface area contributed by atoms with E-state index in [-0.39, 0.29) is 12.3 Å². The van der Waals surface area contributed by atoms with E-state index >= 15 is 0 Å². The second kappa shape index (κ2) is 6.37. The Hall–Kier alpha value is -2.39. The smallest absolute Gasteiger partial charge is 0.232 e. The first-order chi connectivity index (χ1) is 10.3. The zero-order chi connectivity index (χ0) is 14.5. The van der Waals surface area contributed by atoms with Crippen molar-refractivity contribution in [1.82, 2.24) is 19.9 Å². The number of hydrogen-bond acceptors (Lipinski definition) is 8. The number of carbonyl (C=O) groups is 1. The quantitative estimate of drug-likeness (QED) is 0.750. The number of rotatable bonds is 5. The first-order valence-electron chi connectivity index (χ1n) is 5.97. The predicted octanol–water partition coefficient (Wildman–Crippen LogP) is 2.31. The van der Waals surface area contributed by atoms with Gasteiger partial charge in [0.25, 0.3) is 0 Å². The highest BCUT2D eigenvalue weighted by molar-refractivity contribution is 7.14. The van der Waals surface area contributed by atoms with Crippen molar-refractivity contribution in [2.45, 2.75) is 6.42 Å². The molecular formula is C12H10N6OS2. The lowest BCUT2D eigenvalue weighted by molar-refractivity contribution is -0.115. The maximum absolute atomic E-state index is 11.8. The van der Waals surface area contributed by atoms with Gasteiger partial charge in [0.2, 0.25) is 11.9 Å². The molecule has 7 nitrogen and oxygen atoms in total. The number of aromatic nitrogens is 4. The highest BCUT2D eigenvalue weighted by atomic mass is 32.1. The van der Waals surface area contributed by atoms with E-state index in [1.807, 2.05) is 5.38 Å². The molecule has 9 heteroatoms. The van der Waals surface area contributed by atoms with Gasteiger partial charge in [-0.3, -0.25) is 4.79 Å². The fourth-order valence-corrected chi connectivity index (χ4v) is 2.77. The molecule has 3 heterocycles. The van der Waals surface area contributed by atoms with Gasteiger partial charge < -0.3 is 10.6 Å². The zero-order valence-electron chi connectivity index (χ0n) is 10.7. The molecule has 0 aliphatic rings. The van der Waals surface area contributed by atoms with Gasteiger partial charge in [-0.25, -0.2) is 19.9 Å². The van der Waals surface area contributed by atoms with E-state index in [1.165, 1.54) is 22.7 Å². The average Bonchev–Trinajstić information content (AvgIpc) is 3.12. The minimum atomic E-state index is -0.141. The minimum Gasteiger partial charge on any atom is -0.302 e. The molecule has 0 aliphatic carbocycles. The van der Waals surface area contributed by atoms with Crippen molar-refractivity contribution >= 4 is 44.8 Å². The van der Waals surface area contributed by atoms with Gasteiger partial charge >= 0.3 is 0 Å². The summed E-state index contributed by atoms with van der Waals surface area (Å²) in [5, 5.41) is 10.6. The van der Waals surface area contributed by atoms with Crippen LogP contribution in [0.3, 0.4) is 0 Å². The third-order valence-electron chi connectivity index (χ3n) is 2.36. The van der Waals surface area contributed by atoms with E-state index in [2.05, 4.69) is 30.6 Å². The third kappa shape index (κ3) is 3.80. The lowest BCUT2D eigenvalue weighted by atomic mass is 10.3. The van der Waals surface area contributed by atoms with Crippen LogP contribution in [0.2, 0.25) is 0 Å². The molecule has 0 unspecified atom stereocenters. The van der Waals surface area contributed by atoms with Crippen molar-refractivity contribution in [3.63, 3.8) is 0 Å². The molecule has 2 N–H and O–H groups in total. The van der Waals surface area contributed by atoms with E-state index in [0.29, 0.717) is 21.9 Å². The summed E-state index contributed by atoms with van der Waals surface area (Å²) in [6.07, 6.45) is 5.13. The largest absolute Gasteiger partial charge is 0.302 e. The van der Waals surface area contributed by atoms with Crippen molar-refractivity contribution in [3.8, 4) is 0 Å². The molecule has 0 saturated carbocycles. The summed E-state index contributed by atoms with van der Waals surface area (Å²) in [5.41, 5.74) is 0.687. The van der Waals surface area contributed by atoms with Gasteiger partial charge in [0.1, 0.15) is 0 Å². The molecule has 0 spiro atoms. The van der Waals surface area contributed by atoms with Crippen LogP contribution < -0.4 is 10.6 Å². The maximum atomic E-state index is 11.8. The number of anilines is 3. The predicted molar refractivity (Wildman–Crippen MR) is 81.9 cm³/mol. The van der Waals surface area contributed by atoms with E-state index in [1.54, 1.807) is 30.0 Å². The van der Waals surface area contributed by atoms with Crippen LogP contribution >= 0.6 is 22.7 Å². The number of amides is 1. The van der Waals surface area contributed by atoms with Gasteiger partial charge in [0.05, 0.1) is 12.1 Å². The molecule has 3 rings (SSSR count). The van der Waals surface area contributed by atoms with Crippen LogP contribution in [-0.2, 0) is 11.2 Å². The molecule has 0 atom stereocenters.